The predicted octanol–water partition coefficient (Wildman–Crippen LogP) is 6.16. The largest absolute Gasteiger partial charge is 0.396 e. The maximum absolute atomic E-state index is 14.2. The molecule has 4 aromatic rings. The lowest BCUT2D eigenvalue weighted by Gasteiger charge is -2.23. The lowest BCUT2D eigenvalue weighted by molar-refractivity contribution is 0.0263. The van der Waals surface area contributed by atoms with Crippen LogP contribution in [-0.2, 0) is 24.8 Å². The van der Waals surface area contributed by atoms with Gasteiger partial charge < -0.3 is 9.84 Å². The molecule has 0 aromatic heterocycles. The molecule has 2 aliphatic rings. The second kappa shape index (κ2) is 14.9. The number of sulfonamides is 2. The summed E-state index contributed by atoms with van der Waals surface area (Å²) in [6.07, 6.45) is 2.43. The van der Waals surface area contributed by atoms with Crippen LogP contribution in [0.25, 0.3) is 22.3 Å². The highest BCUT2D eigenvalue weighted by molar-refractivity contribution is 7.89. The summed E-state index contributed by atoms with van der Waals surface area (Å²) >= 11 is 0. The van der Waals surface area contributed by atoms with Crippen molar-refractivity contribution in [1.82, 2.24) is 9.44 Å². The molecule has 0 bridgehead atoms. The first-order valence-corrected chi connectivity index (χ1v) is 19.2. The zero-order valence-corrected chi connectivity index (χ0v) is 28.4. The number of benzene rings is 4. The van der Waals surface area contributed by atoms with E-state index in [-0.39, 0.29) is 46.2 Å². The predicted molar refractivity (Wildman–Crippen MR) is 179 cm³/mol. The maximum Gasteiger partial charge on any atom is 0.240 e. The Bertz CT molecular complexity index is 2050. The summed E-state index contributed by atoms with van der Waals surface area (Å²) in [7, 11) is -7.94. The topological polar surface area (TPSA) is 122 Å². The van der Waals surface area contributed by atoms with Crippen molar-refractivity contribution in [2.24, 2.45) is 11.8 Å². The first kappa shape index (κ1) is 36.1. The van der Waals surface area contributed by atoms with Gasteiger partial charge in [-0.05, 0) is 91.3 Å². The molecule has 6 rings (SSSR count). The third-order valence-electron chi connectivity index (χ3n) is 9.52. The molecule has 2 saturated carbocycles. The van der Waals surface area contributed by atoms with Crippen molar-refractivity contribution < 1.29 is 44.2 Å². The first-order valence-electron chi connectivity index (χ1n) is 16.2. The molecule has 3 N–H and O–H groups in total. The summed E-state index contributed by atoms with van der Waals surface area (Å²) < 4.78 is 120. The van der Waals surface area contributed by atoms with Gasteiger partial charge in [-0.25, -0.2) is 43.8 Å². The lowest BCUT2D eigenvalue weighted by atomic mass is 10.1. The van der Waals surface area contributed by atoms with Crippen molar-refractivity contribution in [3.05, 3.63) is 108 Å². The van der Waals surface area contributed by atoms with Crippen LogP contribution in [0.4, 0.5) is 17.6 Å². The Morgan fingerprint density at radius 3 is 1.62 bits per heavy atom. The third-order valence-corrected chi connectivity index (χ3v) is 12.5. The van der Waals surface area contributed by atoms with Crippen molar-refractivity contribution in [3.8, 4) is 22.3 Å². The van der Waals surface area contributed by atoms with Gasteiger partial charge >= 0.3 is 0 Å². The van der Waals surface area contributed by atoms with E-state index in [0.717, 1.165) is 37.1 Å². The van der Waals surface area contributed by atoms with E-state index in [0.29, 0.717) is 30.4 Å². The number of hydrogen-bond donors (Lipinski definition) is 3. The Morgan fingerprint density at radius 1 is 0.640 bits per heavy atom. The quantitative estimate of drug-likeness (QED) is 0.150. The number of aliphatic hydroxyl groups excluding tert-OH is 1. The highest BCUT2D eigenvalue weighted by atomic mass is 32.2. The lowest BCUT2D eigenvalue weighted by Crippen LogP contribution is -2.39. The first-order chi connectivity index (χ1) is 23.8. The van der Waals surface area contributed by atoms with Crippen molar-refractivity contribution in [2.75, 3.05) is 13.2 Å². The van der Waals surface area contributed by atoms with E-state index in [4.69, 9.17) is 4.74 Å². The fraction of sp³-hybridized carbons (Fsp3) is 0.333. The number of hydrogen-bond acceptors (Lipinski definition) is 6. The average molecular weight is 733 g/mol. The van der Waals surface area contributed by atoms with E-state index < -0.39 is 61.3 Å². The Hall–Kier alpha value is -3.66. The molecule has 4 aromatic carbocycles. The zero-order chi connectivity index (χ0) is 35.6. The molecule has 0 spiro atoms. The summed E-state index contributed by atoms with van der Waals surface area (Å²) in [5.41, 5.74) is 1.07. The molecule has 2 fully saturated rings. The normalized spacial score (nSPS) is 22.6. The molecular weight excluding hydrogens is 697 g/mol. The van der Waals surface area contributed by atoms with Crippen LogP contribution in [0, 0.1) is 35.1 Å². The Kier molecular flexibility index (Phi) is 10.8. The van der Waals surface area contributed by atoms with Gasteiger partial charge in [-0.1, -0.05) is 30.7 Å². The summed E-state index contributed by atoms with van der Waals surface area (Å²) in [6, 6.07) is 16.5. The molecule has 8 nitrogen and oxygen atoms in total. The monoisotopic (exact) mass is 732 g/mol. The van der Waals surface area contributed by atoms with Crippen LogP contribution in [0.3, 0.4) is 0 Å². The van der Waals surface area contributed by atoms with Gasteiger partial charge in [-0.3, -0.25) is 0 Å². The standard InChI is InChI=1S/C36H36F4N2O6S2/c37-26-8-14-31(33(39)17-26)22-4-10-29(11-5-22)49(44,45)41-35-3-1-2-24(35)21-48-28-16-25(20-43)36(19-28)42-50(46,47)30-12-6-23(7-13-30)32-15-9-27(38)18-34(32)40/h4-15,17-18,24-25,28,35-36,41-43H,1-3,16,19-21H2. The molecule has 14 heteroatoms. The van der Waals surface area contributed by atoms with Gasteiger partial charge in [0.15, 0.2) is 0 Å². The van der Waals surface area contributed by atoms with E-state index in [2.05, 4.69) is 9.44 Å². The molecule has 2 aliphatic carbocycles. The van der Waals surface area contributed by atoms with E-state index in [1.807, 2.05) is 0 Å². The Balaban J connectivity index is 1.04. The second-order valence-electron chi connectivity index (χ2n) is 12.8. The SMILES string of the molecule is O=S(=O)(NC1CCCC1COC1CC(CO)C(NS(=O)(=O)c2ccc(-c3ccc(F)cc3F)cc2)C1)c1ccc(-c2ccc(F)cc2F)cc1. The van der Waals surface area contributed by atoms with Gasteiger partial charge in [-0.2, -0.15) is 0 Å². The molecule has 0 amide bonds. The Labute approximate surface area is 288 Å². The van der Waals surface area contributed by atoms with Gasteiger partial charge in [0.2, 0.25) is 20.0 Å². The molecule has 266 valence electrons. The molecule has 5 atom stereocenters. The van der Waals surface area contributed by atoms with Crippen LogP contribution in [0.15, 0.2) is 94.7 Å². The van der Waals surface area contributed by atoms with E-state index in [1.165, 1.54) is 60.7 Å². The van der Waals surface area contributed by atoms with E-state index in [1.54, 1.807) is 0 Å². The molecule has 0 saturated heterocycles. The third kappa shape index (κ3) is 8.11. The summed E-state index contributed by atoms with van der Waals surface area (Å²) in [5, 5.41) is 10.0. The van der Waals surface area contributed by atoms with Crippen LogP contribution >= 0.6 is 0 Å². The average Bonchev–Trinajstić information content (AvgIpc) is 3.69. The second-order valence-corrected chi connectivity index (χ2v) is 16.2. The number of halogens is 4. The van der Waals surface area contributed by atoms with Crippen LogP contribution in [0.1, 0.15) is 32.1 Å². The Morgan fingerprint density at radius 2 is 1.14 bits per heavy atom. The van der Waals surface area contributed by atoms with Crippen molar-refractivity contribution in [1.29, 1.82) is 0 Å². The molecule has 5 unspecified atom stereocenters. The van der Waals surface area contributed by atoms with Crippen molar-refractivity contribution in [2.45, 2.75) is 60.1 Å². The van der Waals surface area contributed by atoms with Crippen molar-refractivity contribution in [3.63, 3.8) is 0 Å². The maximum atomic E-state index is 14.2. The zero-order valence-electron chi connectivity index (χ0n) is 26.7. The van der Waals surface area contributed by atoms with E-state index in [9.17, 15) is 39.5 Å². The molecule has 0 radical (unpaired) electrons. The molecular formula is C36H36F4N2O6S2. The van der Waals surface area contributed by atoms with Gasteiger partial charge in [-0.15, -0.1) is 0 Å². The minimum atomic E-state index is -4.02. The highest BCUT2D eigenvalue weighted by Crippen LogP contribution is 2.34. The summed E-state index contributed by atoms with van der Waals surface area (Å²) in [5.74, 6) is -3.49. The van der Waals surface area contributed by atoms with Gasteiger partial charge in [0, 0.05) is 47.9 Å². The fourth-order valence-corrected chi connectivity index (χ4v) is 9.47. The molecule has 0 aliphatic heterocycles. The minimum Gasteiger partial charge on any atom is -0.396 e. The number of ether oxygens (including phenoxy) is 1. The minimum absolute atomic E-state index is 0.00398. The molecule has 50 heavy (non-hydrogen) atoms. The van der Waals surface area contributed by atoms with Gasteiger partial charge in [0.25, 0.3) is 0 Å². The van der Waals surface area contributed by atoms with Crippen LogP contribution in [0.5, 0.6) is 0 Å². The van der Waals surface area contributed by atoms with Crippen LogP contribution in [-0.4, -0.2) is 53.3 Å². The smallest absolute Gasteiger partial charge is 0.240 e. The summed E-state index contributed by atoms with van der Waals surface area (Å²) in [6.45, 7) is -0.0338. The number of aliphatic hydroxyl groups is 1. The van der Waals surface area contributed by atoms with Crippen LogP contribution in [0.2, 0.25) is 0 Å². The molecule has 0 heterocycles. The number of nitrogens with one attached hydrogen (secondary N) is 2. The van der Waals surface area contributed by atoms with Crippen molar-refractivity contribution >= 4 is 20.0 Å². The highest BCUT2D eigenvalue weighted by Gasteiger charge is 2.39. The van der Waals surface area contributed by atoms with Gasteiger partial charge in [0.05, 0.1) is 22.5 Å². The van der Waals surface area contributed by atoms with Gasteiger partial charge in [0.1, 0.15) is 23.3 Å². The number of rotatable bonds is 12. The van der Waals surface area contributed by atoms with Crippen LogP contribution < -0.4 is 9.44 Å². The summed E-state index contributed by atoms with van der Waals surface area (Å²) in [4.78, 5) is -0.0486. The van der Waals surface area contributed by atoms with E-state index >= 15 is 0 Å². The fourth-order valence-electron chi connectivity index (χ4n) is 6.82.